The van der Waals surface area contributed by atoms with Crippen LogP contribution in [0, 0.1) is 6.92 Å². The van der Waals surface area contributed by atoms with Gasteiger partial charge in [0.05, 0.1) is 5.69 Å². The van der Waals surface area contributed by atoms with Crippen LogP contribution in [0.15, 0.2) is 23.3 Å². The number of carbonyl (C=O) groups is 1. The first kappa shape index (κ1) is 13.3. The van der Waals surface area contributed by atoms with Crippen LogP contribution < -0.4 is 5.56 Å². The lowest BCUT2D eigenvalue weighted by Gasteiger charge is -2.05. The van der Waals surface area contributed by atoms with E-state index in [4.69, 9.17) is 5.11 Å². The standard InChI is InChI=1S/C13H17N3O3/c1-10-9-11-13(19)15(7-8-16(11)14-10)6-4-2-3-5-12(17)18/h7-9H,2-6H2,1H3,(H,17,18). The number of carboxylic acids is 1. The lowest BCUT2D eigenvalue weighted by molar-refractivity contribution is -0.137. The van der Waals surface area contributed by atoms with Crippen LogP contribution in [0.1, 0.15) is 31.4 Å². The van der Waals surface area contributed by atoms with Gasteiger partial charge in [-0.25, -0.2) is 4.52 Å². The number of aliphatic carboxylic acids is 1. The Morgan fingerprint density at radius 1 is 1.32 bits per heavy atom. The van der Waals surface area contributed by atoms with Crippen molar-refractivity contribution in [2.24, 2.45) is 0 Å². The van der Waals surface area contributed by atoms with E-state index >= 15 is 0 Å². The Kier molecular flexibility index (Phi) is 3.99. The van der Waals surface area contributed by atoms with Crippen molar-refractivity contribution in [2.75, 3.05) is 0 Å². The maximum absolute atomic E-state index is 12.1. The molecular weight excluding hydrogens is 246 g/mol. The van der Waals surface area contributed by atoms with Crippen molar-refractivity contribution in [2.45, 2.75) is 39.2 Å². The summed E-state index contributed by atoms with van der Waals surface area (Å²) in [5, 5.41) is 12.7. The average Bonchev–Trinajstić information content (AvgIpc) is 2.73. The SMILES string of the molecule is Cc1cc2c(=O)n(CCCCCC(=O)O)ccn2n1. The molecular formula is C13H17N3O3. The number of aromatic nitrogens is 3. The average molecular weight is 263 g/mol. The van der Waals surface area contributed by atoms with Crippen LogP contribution in [-0.2, 0) is 11.3 Å². The van der Waals surface area contributed by atoms with Gasteiger partial charge in [-0.15, -0.1) is 0 Å². The first-order valence-corrected chi connectivity index (χ1v) is 6.35. The van der Waals surface area contributed by atoms with Crippen LogP contribution in [0.25, 0.3) is 5.52 Å². The Hall–Kier alpha value is -2.11. The van der Waals surface area contributed by atoms with E-state index in [1.165, 1.54) is 0 Å². The van der Waals surface area contributed by atoms with E-state index in [0.717, 1.165) is 18.5 Å². The molecule has 0 spiro atoms. The molecule has 0 unspecified atom stereocenters. The number of unbranched alkanes of at least 4 members (excludes halogenated alkanes) is 2. The third-order valence-corrected chi connectivity index (χ3v) is 3.02. The Morgan fingerprint density at radius 2 is 2.11 bits per heavy atom. The molecule has 0 saturated carbocycles. The smallest absolute Gasteiger partial charge is 0.303 e. The van der Waals surface area contributed by atoms with Crippen LogP contribution in [0.5, 0.6) is 0 Å². The van der Waals surface area contributed by atoms with E-state index in [-0.39, 0.29) is 12.0 Å². The van der Waals surface area contributed by atoms with Gasteiger partial charge in [0.2, 0.25) is 0 Å². The number of rotatable bonds is 6. The summed E-state index contributed by atoms with van der Waals surface area (Å²) in [4.78, 5) is 22.5. The third-order valence-electron chi connectivity index (χ3n) is 3.02. The summed E-state index contributed by atoms with van der Waals surface area (Å²) in [6.45, 7) is 2.46. The van der Waals surface area contributed by atoms with Gasteiger partial charge in [-0.3, -0.25) is 9.59 Å². The van der Waals surface area contributed by atoms with E-state index in [2.05, 4.69) is 5.10 Å². The van der Waals surface area contributed by atoms with Crippen molar-refractivity contribution in [1.82, 2.24) is 14.2 Å². The molecule has 6 heteroatoms. The Morgan fingerprint density at radius 3 is 2.84 bits per heavy atom. The van der Waals surface area contributed by atoms with Crippen LogP contribution in [-0.4, -0.2) is 25.3 Å². The van der Waals surface area contributed by atoms with Crippen molar-refractivity contribution in [1.29, 1.82) is 0 Å². The molecule has 102 valence electrons. The fourth-order valence-electron chi connectivity index (χ4n) is 2.06. The van der Waals surface area contributed by atoms with E-state index in [9.17, 15) is 9.59 Å². The predicted molar refractivity (Wildman–Crippen MR) is 70.3 cm³/mol. The minimum absolute atomic E-state index is 0.0543. The van der Waals surface area contributed by atoms with Gasteiger partial charge >= 0.3 is 5.97 Å². The Balaban J connectivity index is 1.99. The fraction of sp³-hybridized carbons (Fsp3) is 0.462. The molecule has 0 atom stereocenters. The quantitative estimate of drug-likeness (QED) is 0.800. The molecule has 0 radical (unpaired) electrons. The molecule has 2 heterocycles. The molecule has 2 rings (SSSR count). The highest BCUT2D eigenvalue weighted by atomic mass is 16.4. The van der Waals surface area contributed by atoms with Crippen LogP contribution >= 0.6 is 0 Å². The van der Waals surface area contributed by atoms with E-state index in [0.29, 0.717) is 18.5 Å². The normalized spacial score (nSPS) is 11.0. The molecule has 0 aliphatic carbocycles. The van der Waals surface area contributed by atoms with Gasteiger partial charge in [0.15, 0.2) is 0 Å². The zero-order valence-corrected chi connectivity index (χ0v) is 10.9. The van der Waals surface area contributed by atoms with Crippen molar-refractivity contribution in [3.05, 3.63) is 34.5 Å². The van der Waals surface area contributed by atoms with Crippen LogP contribution in [0.2, 0.25) is 0 Å². The van der Waals surface area contributed by atoms with Gasteiger partial charge in [-0.05, 0) is 25.8 Å². The number of aryl methyl sites for hydroxylation is 2. The van der Waals surface area contributed by atoms with Crippen LogP contribution in [0.4, 0.5) is 0 Å². The second kappa shape index (κ2) is 5.69. The summed E-state index contributed by atoms with van der Waals surface area (Å²) in [5.74, 6) is -0.770. The molecule has 19 heavy (non-hydrogen) atoms. The predicted octanol–water partition coefficient (Wildman–Crippen LogP) is 1.45. The number of nitrogens with zero attached hydrogens (tertiary/aromatic N) is 3. The minimum Gasteiger partial charge on any atom is -0.481 e. The number of hydrogen-bond donors (Lipinski definition) is 1. The summed E-state index contributed by atoms with van der Waals surface area (Å²) in [7, 11) is 0. The van der Waals surface area contributed by atoms with E-state index in [1.54, 1.807) is 27.5 Å². The molecule has 2 aromatic rings. The summed E-state index contributed by atoms with van der Waals surface area (Å²) in [6.07, 6.45) is 5.94. The summed E-state index contributed by atoms with van der Waals surface area (Å²) in [5.41, 5.74) is 1.34. The third kappa shape index (κ3) is 3.21. The molecule has 0 fully saturated rings. The summed E-state index contributed by atoms with van der Waals surface area (Å²) < 4.78 is 3.23. The Bertz CT molecular complexity index is 642. The lowest BCUT2D eigenvalue weighted by Crippen LogP contribution is -2.21. The van der Waals surface area contributed by atoms with Crippen molar-refractivity contribution in [3.8, 4) is 0 Å². The number of carboxylic acid groups (broad SMARTS) is 1. The van der Waals surface area contributed by atoms with Gasteiger partial charge in [0.1, 0.15) is 5.52 Å². The maximum Gasteiger partial charge on any atom is 0.303 e. The number of hydrogen-bond acceptors (Lipinski definition) is 3. The van der Waals surface area contributed by atoms with Gasteiger partial charge in [0, 0.05) is 25.4 Å². The highest BCUT2D eigenvalue weighted by Gasteiger charge is 2.05. The number of fused-ring (bicyclic) bond motifs is 1. The Labute approximate surface area is 110 Å². The molecule has 0 aliphatic rings. The zero-order valence-electron chi connectivity index (χ0n) is 10.9. The zero-order chi connectivity index (χ0) is 13.8. The molecule has 0 aromatic carbocycles. The van der Waals surface area contributed by atoms with E-state index < -0.39 is 5.97 Å². The van der Waals surface area contributed by atoms with Crippen molar-refractivity contribution >= 4 is 11.5 Å². The van der Waals surface area contributed by atoms with E-state index in [1.807, 2.05) is 6.92 Å². The monoisotopic (exact) mass is 263 g/mol. The fourth-order valence-corrected chi connectivity index (χ4v) is 2.06. The highest BCUT2D eigenvalue weighted by molar-refractivity contribution is 5.66. The van der Waals surface area contributed by atoms with Crippen LogP contribution in [0.3, 0.4) is 0 Å². The molecule has 0 saturated heterocycles. The lowest BCUT2D eigenvalue weighted by atomic mass is 10.2. The molecule has 1 N–H and O–H groups in total. The maximum atomic E-state index is 12.1. The van der Waals surface area contributed by atoms with Gasteiger partial charge < -0.3 is 9.67 Å². The molecule has 0 amide bonds. The minimum atomic E-state index is -0.770. The van der Waals surface area contributed by atoms with Crippen molar-refractivity contribution < 1.29 is 9.90 Å². The highest BCUT2D eigenvalue weighted by Crippen LogP contribution is 2.03. The van der Waals surface area contributed by atoms with Crippen molar-refractivity contribution in [3.63, 3.8) is 0 Å². The molecule has 2 aromatic heterocycles. The molecule has 6 nitrogen and oxygen atoms in total. The first-order chi connectivity index (χ1) is 9.08. The van der Waals surface area contributed by atoms with Gasteiger partial charge in [-0.2, -0.15) is 5.10 Å². The second-order valence-electron chi connectivity index (χ2n) is 4.62. The summed E-state index contributed by atoms with van der Waals surface area (Å²) in [6, 6.07) is 1.77. The largest absolute Gasteiger partial charge is 0.481 e. The molecule has 0 aliphatic heterocycles. The summed E-state index contributed by atoms with van der Waals surface area (Å²) >= 11 is 0. The molecule has 0 bridgehead atoms. The topological polar surface area (TPSA) is 76.6 Å². The first-order valence-electron chi connectivity index (χ1n) is 6.35. The van der Waals surface area contributed by atoms with Gasteiger partial charge in [-0.1, -0.05) is 6.42 Å². The van der Waals surface area contributed by atoms with Gasteiger partial charge in [0.25, 0.3) is 5.56 Å². The second-order valence-corrected chi connectivity index (χ2v) is 4.62.